The van der Waals surface area contributed by atoms with Gasteiger partial charge >= 0.3 is 0 Å². The molecule has 0 spiro atoms. The van der Waals surface area contributed by atoms with Gasteiger partial charge in [0, 0.05) is 12.2 Å². The van der Waals surface area contributed by atoms with Crippen molar-refractivity contribution in [2.75, 3.05) is 13.7 Å². The van der Waals surface area contributed by atoms with Gasteiger partial charge in [0.2, 0.25) is 0 Å². The van der Waals surface area contributed by atoms with Gasteiger partial charge in [-0.15, -0.1) is 0 Å². The highest BCUT2D eigenvalue weighted by Gasteiger charge is 2.35. The van der Waals surface area contributed by atoms with Crippen molar-refractivity contribution in [2.45, 2.75) is 25.5 Å². The molecule has 0 aliphatic carbocycles. The Kier molecular flexibility index (Phi) is 4.35. The van der Waals surface area contributed by atoms with Crippen molar-refractivity contribution in [3.63, 3.8) is 0 Å². The number of benzene rings is 1. The van der Waals surface area contributed by atoms with Gasteiger partial charge in [-0.2, -0.15) is 0 Å². The molecule has 1 heterocycles. The van der Waals surface area contributed by atoms with E-state index < -0.39 is 17.7 Å². The maximum Gasteiger partial charge on any atom is 0.145 e. The molecular formula is C13H16BrF2NO. The second-order valence-electron chi connectivity index (χ2n) is 4.62. The van der Waals surface area contributed by atoms with Crippen LogP contribution in [0.15, 0.2) is 16.6 Å². The molecule has 0 saturated carbocycles. The molecule has 0 aromatic heterocycles. The molecule has 0 amide bonds. The Bertz CT molecular complexity index is 441. The van der Waals surface area contributed by atoms with E-state index >= 15 is 0 Å². The van der Waals surface area contributed by atoms with E-state index in [1.54, 1.807) is 7.05 Å². The van der Waals surface area contributed by atoms with Gasteiger partial charge in [0.1, 0.15) is 11.6 Å². The molecule has 1 fully saturated rings. The summed E-state index contributed by atoms with van der Waals surface area (Å²) in [6.07, 6.45) is 0.716. The number of hydrogen-bond donors (Lipinski definition) is 1. The van der Waals surface area contributed by atoms with Gasteiger partial charge in [0.05, 0.1) is 16.6 Å². The van der Waals surface area contributed by atoms with Crippen LogP contribution in [0.2, 0.25) is 0 Å². The third-order valence-electron chi connectivity index (χ3n) is 3.47. The zero-order valence-corrected chi connectivity index (χ0v) is 11.9. The van der Waals surface area contributed by atoms with Crippen LogP contribution in [0.4, 0.5) is 8.78 Å². The molecule has 1 aliphatic rings. The maximum atomic E-state index is 14.1. The van der Waals surface area contributed by atoms with Gasteiger partial charge in [-0.3, -0.25) is 0 Å². The van der Waals surface area contributed by atoms with Crippen molar-refractivity contribution < 1.29 is 13.5 Å². The lowest BCUT2D eigenvalue weighted by atomic mass is 9.92. The zero-order valence-electron chi connectivity index (χ0n) is 10.3. The summed E-state index contributed by atoms with van der Waals surface area (Å²) in [5.41, 5.74) is 0.0469. The molecule has 18 heavy (non-hydrogen) atoms. The molecule has 1 N–H and O–H groups in total. The second kappa shape index (κ2) is 5.63. The van der Waals surface area contributed by atoms with Crippen molar-refractivity contribution in [1.82, 2.24) is 5.32 Å². The van der Waals surface area contributed by atoms with Crippen molar-refractivity contribution >= 4 is 15.9 Å². The number of nitrogens with one attached hydrogen (secondary N) is 1. The minimum atomic E-state index is -0.558. The molecule has 2 nitrogen and oxygen atoms in total. The summed E-state index contributed by atoms with van der Waals surface area (Å²) < 4.78 is 33.9. The van der Waals surface area contributed by atoms with Crippen molar-refractivity contribution in [3.8, 4) is 0 Å². The number of halogens is 3. The number of rotatable bonds is 3. The van der Waals surface area contributed by atoms with E-state index in [2.05, 4.69) is 21.2 Å². The molecule has 1 aliphatic heterocycles. The maximum absolute atomic E-state index is 14.1. The van der Waals surface area contributed by atoms with Gasteiger partial charge in [0.15, 0.2) is 0 Å². The van der Waals surface area contributed by atoms with E-state index in [1.807, 2.05) is 6.92 Å². The Morgan fingerprint density at radius 3 is 2.72 bits per heavy atom. The Morgan fingerprint density at radius 2 is 2.17 bits per heavy atom. The summed E-state index contributed by atoms with van der Waals surface area (Å²) in [5, 5.41) is 2.97. The van der Waals surface area contributed by atoms with Crippen LogP contribution in [-0.4, -0.2) is 19.8 Å². The van der Waals surface area contributed by atoms with Crippen molar-refractivity contribution in [1.29, 1.82) is 0 Å². The summed E-state index contributed by atoms with van der Waals surface area (Å²) in [6, 6.07) is 2.17. The monoisotopic (exact) mass is 319 g/mol. The van der Waals surface area contributed by atoms with E-state index in [0.717, 1.165) is 6.42 Å². The fraction of sp³-hybridized carbons (Fsp3) is 0.538. The Hall–Kier alpha value is -0.520. The topological polar surface area (TPSA) is 21.3 Å². The van der Waals surface area contributed by atoms with Gasteiger partial charge < -0.3 is 10.1 Å². The largest absolute Gasteiger partial charge is 0.376 e. The van der Waals surface area contributed by atoms with E-state index in [1.165, 1.54) is 12.1 Å². The summed E-state index contributed by atoms with van der Waals surface area (Å²) >= 11 is 3.09. The van der Waals surface area contributed by atoms with Crippen LogP contribution in [0.25, 0.3) is 0 Å². The molecule has 3 unspecified atom stereocenters. The Morgan fingerprint density at radius 1 is 1.44 bits per heavy atom. The van der Waals surface area contributed by atoms with Gasteiger partial charge in [0.25, 0.3) is 0 Å². The van der Waals surface area contributed by atoms with E-state index in [4.69, 9.17) is 4.74 Å². The first-order valence-electron chi connectivity index (χ1n) is 5.98. The molecule has 100 valence electrons. The quantitative estimate of drug-likeness (QED) is 0.862. The van der Waals surface area contributed by atoms with Crippen molar-refractivity contribution in [2.24, 2.45) is 5.92 Å². The van der Waals surface area contributed by atoms with Crippen LogP contribution >= 0.6 is 15.9 Å². The summed E-state index contributed by atoms with van der Waals surface area (Å²) in [7, 11) is 1.69. The lowest BCUT2D eigenvalue weighted by Gasteiger charge is -2.27. The van der Waals surface area contributed by atoms with Crippen LogP contribution in [0, 0.1) is 17.6 Å². The predicted molar refractivity (Wildman–Crippen MR) is 69.4 cm³/mol. The Balaban J connectivity index is 2.41. The molecule has 1 saturated heterocycles. The van der Waals surface area contributed by atoms with Crippen molar-refractivity contribution in [3.05, 3.63) is 33.8 Å². The SMILES string of the molecule is CNC(c1c(F)ccc(Br)c1F)C1OCCC1C. The van der Waals surface area contributed by atoms with Gasteiger partial charge in [-0.25, -0.2) is 8.78 Å². The predicted octanol–water partition coefficient (Wildman–Crippen LogP) is 3.41. The highest BCUT2D eigenvalue weighted by atomic mass is 79.9. The molecule has 3 atom stereocenters. The molecule has 5 heteroatoms. The molecule has 0 radical (unpaired) electrons. The zero-order chi connectivity index (χ0) is 13.3. The number of likely N-dealkylation sites (N-methyl/N-ethyl adjacent to an activating group) is 1. The van der Waals surface area contributed by atoms with E-state index in [-0.39, 0.29) is 22.1 Å². The third kappa shape index (κ3) is 2.44. The van der Waals surface area contributed by atoms with Crippen LogP contribution in [0.5, 0.6) is 0 Å². The fourth-order valence-electron chi connectivity index (χ4n) is 2.44. The van der Waals surface area contributed by atoms with Gasteiger partial charge in [-0.1, -0.05) is 6.92 Å². The summed E-state index contributed by atoms with van der Waals surface area (Å²) in [6.45, 7) is 2.68. The minimum absolute atomic E-state index is 0.0469. The fourth-order valence-corrected chi connectivity index (χ4v) is 2.79. The molecular weight excluding hydrogens is 304 g/mol. The van der Waals surface area contributed by atoms with Crippen LogP contribution in [-0.2, 0) is 4.74 Å². The van der Waals surface area contributed by atoms with Gasteiger partial charge in [-0.05, 0) is 47.4 Å². The average molecular weight is 320 g/mol. The summed E-state index contributed by atoms with van der Waals surface area (Å²) in [4.78, 5) is 0. The normalized spacial score (nSPS) is 25.4. The standard InChI is InChI=1S/C13H16BrF2NO/c1-7-5-6-18-13(7)12(17-2)10-9(15)4-3-8(14)11(10)16/h3-4,7,12-13,17H,5-6H2,1-2H3. The molecule has 0 bridgehead atoms. The van der Waals surface area contributed by atoms with Crippen LogP contribution in [0.3, 0.4) is 0 Å². The smallest absolute Gasteiger partial charge is 0.145 e. The van der Waals surface area contributed by atoms with Crippen LogP contribution < -0.4 is 5.32 Å². The molecule has 2 rings (SSSR count). The molecule has 1 aromatic carbocycles. The minimum Gasteiger partial charge on any atom is -0.376 e. The number of hydrogen-bond acceptors (Lipinski definition) is 2. The first-order chi connectivity index (χ1) is 8.56. The first-order valence-corrected chi connectivity index (χ1v) is 6.77. The van der Waals surface area contributed by atoms with E-state index in [9.17, 15) is 8.78 Å². The van der Waals surface area contributed by atoms with E-state index in [0.29, 0.717) is 6.61 Å². The highest BCUT2D eigenvalue weighted by Crippen LogP contribution is 2.35. The Labute approximate surface area is 114 Å². The summed E-state index contributed by atoms with van der Waals surface area (Å²) in [5.74, 6) is -0.824. The average Bonchev–Trinajstić information content (AvgIpc) is 2.76. The number of ether oxygens (including phenoxy) is 1. The molecule has 1 aromatic rings. The lowest BCUT2D eigenvalue weighted by Crippen LogP contribution is -2.34. The third-order valence-corrected chi connectivity index (χ3v) is 4.09. The lowest BCUT2D eigenvalue weighted by molar-refractivity contribution is 0.0608. The van der Waals surface area contributed by atoms with Crippen LogP contribution in [0.1, 0.15) is 24.9 Å². The highest BCUT2D eigenvalue weighted by molar-refractivity contribution is 9.10. The first kappa shape index (κ1) is 13.9. The second-order valence-corrected chi connectivity index (χ2v) is 5.48.